The first-order chi connectivity index (χ1) is 10.1. The predicted molar refractivity (Wildman–Crippen MR) is 91.4 cm³/mol. The second-order valence-corrected chi connectivity index (χ2v) is 8.70. The number of rotatable bonds is 2. The van der Waals surface area contributed by atoms with Crippen LogP contribution in [-0.2, 0) is 10.1 Å². The van der Waals surface area contributed by atoms with Crippen molar-refractivity contribution >= 4 is 21.7 Å². The number of allylic oxidation sites excluding steroid dienone is 2. The molecule has 1 heteroatoms. The fourth-order valence-electron chi connectivity index (χ4n) is 3.68. The van der Waals surface area contributed by atoms with E-state index in [0.29, 0.717) is 0 Å². The van der Waals surface area contributed by atoms with E-state index in [0.717, 1.165) is 9.52 Å². The van der Waals surface area contributed by atoms with Gasteiger partial charge in [0, 0.05) is 10.1 Å². The van der Waals surface area contributed by atoms with Crippen LogP contribution in [0.2, 0.25) is 0 Å². The summed E-state index contributed by atoms with van der Waals surface area (Å²) >= 11 is 0. The Hall–Kier alpha value is -1.86. The van der Waals surface area contributed by atoms with Crippen molar-refractivity contribution in [3.8, 4) is 0 Å². The summed E-state index contributed by atoms with van der Waals surface area (Å²) in [5.41, 5.74) is 5.71. The van der Waals surface area contributed by atoms with Crippen molar-refractivity contribution in [3.05, 3.63) is 82.9 Å². The number of hydrogen-bond donors (Lipinski definition) is 0. The zero-order valence-corrected chi connectivity index (χ0v) is 13.4. The van der Waals surface area contributed by atoms with E-state index in [9.17, 15) is 0 Å². The predicted octanol–water partition coefficient (Wildman–Crippen LogP) is 4.58. The highest BCUT2D eigenvalue weighted by Crippen LogP contribution is 2.43. The Balaban J connectivity index is 1.75. The fourth-order valence-corrected chi connectivity index (χ4v) is 5.82. The minimum Gasteiger partial charge on any atom is -0.0768 e. The Labute approximate surface area is 129 Å². The molecule has 2 unspecified atom stereocenters. The summed E-state index contributed by atoms with van der Waals surface area (Å²) in [6, 6.07) is 17.6. The maximum Gasteiger partial charge on any atom is 0.0750 e. The van der Waals surface area contributed by atoms with Gasteiger partial charge in [-0.3, -0.25) is 0 Å². The summed E-state index contributed by atoms with van der Waals surface area (Å²) in [5, 5.41) is 0.292. The Morgan fingerprint density at radius 1 is 0.667 bits per heavy atom. The van der Waals surface area contributed by atoms with E-state index in [4.69, 9.17) is 0 Å². The van der Waals surface area contributed by atoms with Gasteiger partial charge in [0.25, 0.3) is 0 Å². The quantitative estimate of drug-likeness (QED) is 0.709. The summed E-state index contributed by atoms with van der Waals surface area (Å²) in [4.78, 5) is 0. The summed E-state index contributed by atoms with van der Waals surface area (Å²) in [6.45, 7) is 4.77. The normalized spacial score (nSPS) is 28.7. The van der Waals surface area contributed by atoms with Crippen molar-refractivity contribution in [1.29, 1.82) is 0 Å². The molecule has 0 bridgehead atoms. The van der Waals surface area contributed by atoms with E-state index in [1.54, 1.807) is 0 Å². The number of fused-ring (bicyclic) bond motifs is 2. The van der Waals surface area contributed by atoms with Crippen molar-refractivity contribution in [2.75, 3.05) is 0 Å². The largest absolute Gasteiger partial charge is 0.0768 e. The van der Waals surface area contributed by atoms with Gasteiger partial charge in [0.15, 0.2) is 0 Å². The highest BCUT2D eigenvalue weighted by atomic mass is 28.2. The van der Waals surface area contributed by atoms with Crippen LogP contribution < -0.4 is 0 Å². The second-order valence-electron chi connectivity index (χ2n) is 6.37. The van der Waals surface area contributed by atoms with Crippen LogP contribution in [0.1, 0.15) is 36.1 Å². The Morgan fingerprint density at radius 2 is 1.10 bits per heavy atom. The van der Waals surface area contributed by atoms with E-state index >= 15 is 0 Å². The molecular formula is C20H18Si. The molecule has 0 aromatic heterocycles. The smallest absolute Gasteiger partial charge is 0.0750 e. The lowest BCUT2D eigenvalue weighted by molar-refractivity contribution is 0.770. The molecule has 0 saturated carbocycles. The molecule has 0 fully saturated rings. The molecule has 0 aliphatic heterocycles. The molecule has 0 N–H and O–H groups in total. The van der Waals surface area contributed by atoms with Gasteiger partial charge in [-0.15, -0.1) is 0 Å². The van der Waals surface area contributed by atoms with Gasteiger partial charge >= 0.3 is 0 Å². The summed E-state index contributed by atoms with van der Waals surface area (Å²) in [5.74, 6) is 0. The summed E-state index contributed by atoms with van der Waals surface area (Å²) in [7, 11) is 0.806. The molecule has 2 atom stereocenters. The average molecular weight is 286 g/mol. The molecule has 0 heterocycles. The molecule has 102 valence electrons. The molecule has 0 saturated heterocycles. The number of hydrogen-bond acceptors (Lipinski definition) is 0. The Morgan fingerprint density at radius 3 is 1.57 bits per heavy atom. The van der Waals surface area contributed by atoms with Gasteiger partial charge in [0.05, 0.1) is 9.52 Å². The van der Waals surface area contributed by atoms with Crippen molar-refractivity contribution in [1.82, 2.24) is 0 Å². The molecule has 21 heavy (non-hydrogen) atoms. The highest BCUT2D eigenvalue weighted by molar-refractivity contribution is 6.47. The first-order valence-electron chi connectivity index (χ1n) is 7.48. The minimum absolute atomic E-state index is 0.146. The standard InChI is InChI=1S/C20H18Si/c1-19(13-11-15-7-3-5-9-17(15)19)21-20(2)14-12-16-8-4-6-10-18(16)20/h3-14H,1-2H3. The first kappa shape index (κ1) is 12.8. The summed E-state index contributed by atoms with van der Waals surface area (Å²) in [6.07, 6.45) is 9.37. The molecule has 2 aromatic carbocycles. The van der Waals surface area contributed by atoms with Crippen LogP contribution in [0.3, 0.4) is 0 Å². The third-order valence-corrected chi connectivity index (χ3v) is 6.66. The van der Waals surface area contributed by atoms with Gasteiger partial charge < -0.3 is 0 Å². The molecule has 0 amide bonds. The lowest BCUT2D eigenvalue weighted by atomic mass is 10.0. The molecule has 2 radical (unpaired) electrons. The van der Waals surface area contributed by atoms with Crippen LogP contribution in [0.25, 0.3) is 12.2 Å². The van der Waals surface area contributed by atoms with Gasteiger partial charge in [-0.05, 0) is 22.3 Å². The van der Waals surface area contributed by atoms with Crippen molar-refractivity contribution in [2.45, 2.75) is 23.9 Å². The molecule has 2 aliphatic rings. The SMILES string of the molecule is CC1([Si]C2(C)C=Cc3ccccc32)C=Cc2ccccc21. The van der Waals surface area contributed by atoms with E-state index in [-0.39, 0.29) is 10.1 Å². The molecule has 2 aliphatic carbocycles. The zero-order chi connectivity index (χ0) is 14.5. The van der Waals surface area contributed by atoms with Crippen LogP contribution in [0, 0.1) is 0 Å². The molecular weight excluding hydrogens is 268 g/mol. The third-order valence-electron chi connectivity index (χ3n) is 4.75. The van der Waals surface area contributed by atoms with E-state index in [2.05, 4.69) is 86.7 Å². The van der Waals surface area contributed by atoms with E-state index < -0.39 is 0 Å². The highest BCUT2D eigenvalue weighted by Gasteiger charge is 2.40. The lowest BCUT2D eigenvalue weighted by Gasteiger charge is -2.33. The first-order valence-corrected chi connectivity index (χ1v) is 8.48. The zero-order valence-electron chi connectivity index (χ0n) is 12.4. The van der Waals surface area contributed by atoms with Crippen LogP contribution in [-0.4, -0.2) is 9.52 Å². The fraction of sp³-hybridized carbons (Fsp3) is 0.200. The van der Waals surface area contributed by atoms with Crippen LogP contribution in [0.15, 0.2) is 60.7 Å². The van der Waals surface area contributed by atoms with Crippen molar-refractivity contribution in [3.63, 3.8) is 0 Å². The minimum atomic E-state index is 0.146. The van der Waals surface area contributed by atoms with Crippen LogP contribution in [0.5, 0.6) is 0 Å². The van der Waals surface area contributed by atoms with E-state index in [1.807, 2.05) is 0 Å². The Bertz CT molecular complexity index is 705. The van der Waals surface area contributed by atoms with E-state index in [1.165, 1.54) is 22.3 Å². The van der Waals surface area contributed by atoms with Gasteiger partial charge in [0.1, 0.15) is 0 Å². The second kappa shape index (κ2) is 4.31. The molecule has 0 nitrogen and oxygen atoms in total. The maximum absolute atomic E-state index is 2.40. The molecule has 0 spiro atoms. The van der Waals surface area contributed by atoms with Gasteiger partial charge in [0.2, 0.25) is 0 Å². The average Bonchev–Trinajstić information content (AvgIpc) is 3.00. The van der Waals surface area contributed by atoms with Crippen molar-refractivity contribution < 1.29 is 0 Å². The molecule has 4 rings (SSSR count). The third kappa shape index (κ3) is 1.88. The summed E-state index contributed by atoms with van der Waals surface area (Å²) < 4.78 is 0. The molecule has 2 aromatic rings. The topological polar surface area (TPSA) is 0 Å². The van der Waals surface area contributed by atoms with Gasteiger partial charge in [-0.25, -0.2) is 0 Å². The van der Waals surface area contributed by atoms with Gasteiger partial charge in [-0.1, -0.05) is 86.7 Å². The van der Waals surface area contributed by atoms with Crippen LogP contribution in [0.4, 0.5) is 0 Å². The lowest BCUT2D eigenvalue weighted by Crippen LogP contribution is -2.39. The maximum atomic E-state index is 2.40. The van der Waals surface area contributed by atoms with Crippen LogP contribution >= 0.6 is 0 Å². The Kier molecular flexibility index (Phi) is 2.64. The monoisotopic (exact) mass is 286 g/mol. The van der Waals surface area contributed by atoms with Gasteiger partial charge in [-0.2, -0.15) is 0 Å². The number of benzene rings is 2. The van der Waals surface area contributed by atoms with Crippen molar-refractivity contribution in [2.24, 2.45) is 0 Å².